The number of hydrogen-bond donors (Lipinski definition) is 0. The smallest absolute Gasteiger partial charge is 0.178 e. The summed E-state index contributed by atoms with van der Waals surface area (Å²) in [5.41, 5.74) is 4.43. The zero-order valence-corrected chi connectivity index (χ0v) is 69.6. The first-order chi connectivity index (χ1) is 46.3. The van der Waals surface area contributed by atoms with Gasteiger partial charge in [-0.2, -0.15) is 12.8 Å². The molecule has 7 fully saturated rings. The van der Waals surface area contributed by atoms with Crippen molar-refractivity contribution < 1.29 is 82.5 Å². The molecule has 2 aromatic carbocycles. The molecule has 25 atom stereocenters. The van der Waals surface area contributed by atoms with Crippen molar-refractivity contribution in [3.8, 4) is 0 Å². The van der Waals surface area contributed by atoms with E-state index >= 15 is 0 Å². The molecule has 11 nitrogen and oxygen atoms in total. The van der Waals surface area contributed by atoms with Crippen molar-refractivity contribution in [2.45, 2.75) is 340 Å². The van der Waals surface area contributed by atoms with E-state index in [0.717, 1.165) is 128 Å². The Morgan fingerprint density at radius 1 is 0.571 bits per heavy atom. The first kappa shape index (κ1) is 83.3. The normalized spacial score (nSPS) is 34.6. The van der Waals surface area contributed by atoms with E-state index in [1.54, 1.807) is 48.5 Å². The van der Waals surface area contributed by atoms with Crippen LogP contribution in [-0.2, 0) is 52.8 Å². The van der Waals surface area contributed by atoms with Crippen molar-refractivity contribution in [1.82, 2.24) is 0 Å². The summed E-state index contributed by atoms with van der Waals surface area (Å²) in [6.45, 7) is 52.2. The molecule has 9 rings (SSSR count). The van der Waals surface area contributed by atoms with Gasteiger partial charge >= 0.3 is 0 Å². The molecule has 0 N–H and O–H groups in total. The first-order valence-electron chi connectivity index (χ1n) is 39.0. The largest absolute Gasteiger partial charge is 0.374 e. The topological polar surface area (TPSA) is 133 Å². The number of fused-ring (bicyclic) bond motifs is 2. The summed E-state index contributed by atoms with van der Waals surface area (Å²) in [5.74, 6) is 2.68. The van der Waals surface area contributed by atoms with Crippen LogP contribution in [0.2, 0.25) is 0 Å². The quantitative estimate of drug-likeness (QED) is 0.0394. The predicted octanol–water partition coefficient (Wildman–Crippen LogP) is 20.1. The third kappa shape index (κ3) is 23.0. The summed E-state index contributed by atoms with van der Waals surface area (Å²) in [6.07, 6.45) is 23.3. The van der Waals surface area contributed by atoms with E-state index in [2.05, 4.69) is 144 Å². The van der Waals surface area contributed by atoms with Gasteiger partial charge in [0.15, 0.2) is 19.7 Å². The van der Waals surface area contributed by atoms with Crippen LogP contribution in [0.5, 0.6) is 0 Å². The molecule has 7 aliphatic heterocycles. The minimum atomic E-state index is -3.47. The van der Waals surface area contributed by atoms with Gasteiger partial charge in [-0.1, -0.05) is 181 Å². The van der Waals surface area contributed by atoms with Gasteiger partial charge in [-0.3, -0.25) is 0 Å². The monoisotopic (exact) mass is 1620 g/mol. The van der Waals surface area contributed by atoms with E-state index in [9.17, 15) is 16.8 Å². The zero-order chi connectivity index (χ0) is 72.0. The maximum absolute atomic E-state index is 13.4. The molecule has 0 amide bonds. The predicted molar refractivity (Wildman–Crippen MR) is 399 cm³/mol. The maximum atomic E-state index is 13.4. The van der Waals surface area contributed by atoms with Crippen LogP contribution < -0.4 is 0 Å². The average Bonchev–Trinajstić information content (AvgIpc) is 1.68. The van der Waals surface area contributed by atoms with Crippen molar-refractivity contribution in [2.24, 2.45) is 59.2 Å². The molecule has 98 heavy (non-hydrogen) atoms. The van der Waals surface area contributed by atoms with Crippen molar-refractivity contribution in [3.05, 3.63) is 116 Å². The molecule has 7 aliphatic rings. The fourth-order valence-corrected chi connectivity index (χ4v) is 20.6. The van der Waals surface area contributed by atoms with Gasteiger partial charge in [0.05, 0.1) is 106 Å². The molecule has 554 valence electrons. The van der Waals surface area contributed by atoms with E-state index < -0.39 is 26.1 Å². The summed E-state index contributed by atoms with van der Waals surface area (Å²) >= 11 is 0. The Hall–Kier alpha value is -1.93. The van der Waals surface area contributed by atoms with Crippen molar-refractivity contribution >= 4 is 19.7 Å². The summed E-state index contributed by atoms with van der Waals surface area (Å²) in [5, 5.41) is 0. The Labute approximate surface area is 623 Å². The minimum Gasteiger partial charge on any atom is -0.374 e. The number of hydrogen-bond acceptors (Lipinski definition) is 11. The van der Waals surface area contributed by atoms with Gasteiger partial charge in [0.25, 0.3) is 0 Å². The number of ether oxygens (including phenoxy) is 7. The molecule has 0 spiro atoms. The molecule has 7 heterocycles. The van der Waals surface area contributed by atoms with Gasteiger partial charge in [-0.25, -0.2) is 16.8 Å². The summed E-state index contributed by atoms with van der Waals surface area (Å²) in [4.78, 5) is 0.766. The van der Waals surface area contributed by atoms with Gasteiger partial charge < -0.3 is 39.6 Å². The van der Waals surface area contributed by atoms with Gasteiger partial charge in [-0.05, 0) is 195 Å². The van der Waals surface area contributed by atoms with E-state index in [1.165, 1.54) is 16.7 Å². The van der Waals surface area contributed by atoms with E-state index in [4.69, 9.17) is 34.5 Å². The Morgan fingerprint density at radius 3 is 1.47 bits per heavy atom. The van der Waals surface area contributed by atoms with Crippen molar-refractivity contribution in [3.63, 3.8) is 0 Å². The Balaban J connectivity index is 0.000000249. The SMILES string of the molecule is C=C(C)[C@H](C)CC1CC[C@@H]2O[C@@H](C)C[C@]2(CC)O1.C=C1C[C@H](C)OC1CC[CH-]C[C@@H](C)C(=C)[C@H](C)CC1O[C@H](CC(C)CC)[C@H](C)[C@H]1CS(=O)(=O)c1ccccc1.[3H]C(CC1O[C@H](CC(C)CC)[C@H](C)[C@H]1CS(=O)(=O)c1ccccc1)C(=C)[C@H](C)CC1CC[C@@H]2O[C@@H](C)C[C@]2(CC)O1.[U]. The van der Waals surface area contributed by atoms with Gasteiger partial charge in [-0.15, -0.1) is 0 Å². The van der Waals surface area contributed by atoms with Crippen molar-refractivity contribution in [1.29, 1.82) is 0 Å². The molecule has 0 saturated carbocycles. The summed E-state index contributed by atoms with van der Waals surface area (Å²) in [7, 11) is -6.86. The molecule has 0 aromatic heterocycles. The second kappa shape index (κ2) is 38.9. The fourth-order valence-electron chi connectivity index (χ4n) is 17.1. The number of sulfone groups is 2. The number of benzene rings is 2. The molecule has 0 bridgehead atoms. The van der Waals surface area contributed by atoms with Gasteiger partial charge in [0.2, 0.25) is 0 Å². The number of rotatable bonds is 32. The van der Waals surface area contributed by atoms with Crippen LogP contribution in [0.3, 0.4) is 0 Å². The Morgan fingerprint density at radius 2 is 1.03 bits per heavy atom. The Kier molecular flexibility index (Phi) is 33.1. The fraction of sp³-hybridized carbons (Fsp3) is 0.750. The van der Waals surface area contributed by atoms with Gasteiger partial charge in [0, 0.05) is 57.2 Å². The van der Waals surface area contributed by atoms with Crippen LogP contribution in [0, 0.1) is 96.7 Å². The minimum absolute atomic E-state index is 0. The van der Waals surface area contributed by atoms with Crippen LogP contribution in [0.15, 0.2) is 119 Å². The van der Waals surface area contributed by atoms with Crippen LogP contribution in [0.25, 0.3) is 0 Å². The summed E-state index contributed by atoms with van der Waals surface area (Å²) in [6, 6.07) is 17.6. The van der Waals surface area contributed by atoms with Crippen molar-refractivity contribution in [2.75, 3.05) is 11.5 Å². The van der Waals surface area contributed by atoms with Crippen LogP contribution >= 0.6 is 0 Å². The van der Waals surface area contributed by atoms with E-state index in [-0.39, 0.29) is 138 Å². The second-order valence-corrected chi connectivity index (χ2v) is 36.1. The number of allylic oxidation sites excluding steroid dienone is 3. The molecule has 2 aromatic rings. The molecule has 7 saturated heterocycles. The number of unbranched alkanes of at least 4 members (excludes halogenated alkanes) is 1. The molecular weight excluding hydrogens is 1490 g/mol. The third-order valence-corrected chi connectivity index (χ3v) is 28.0. The molecular formula is C84H135O11S2U-. The van der Waals surface area contributed by atoms with E-state index in [1.807, 2.05) is 12.1 Å². The van der Waals surface area contributed by atoms with Crippen LogP contribution in [0.4, 0.5) is 0 Å². The molecule has 0 radical (unpaired) electrons. The standard InChI is InChI=1S/C34H54O5S.C34H53O4S.C16H28O2.U/c1-8-23(3)19-32-27(7)30(22-40(35,36)29-13-11-10-12-14-29)31(38-32)17-15-24(4)25(5)20-28-16-18-33-34(9-2,39-28)21-26(6)37-33;1-9-23(2)19-33-29(8)31(22-39(35,36)30-16-11-10-12-17-30)34(38-33)21-25(4)28(7)24(3)15-13-14-18-32-26(5)20-27(6)37-32;1-6-16-10-13(5)17-15(16)8-7-14(18-16)9-12(4)11(2)3;/h10-14,23,25-28,30-33H,4,8-9,15-22H2,1-3,5-7H3;10-13,16-17,23-25,27,29,31-34H,5,7,9,14-15,18-22H2,1-4,6,8H3;12-15H,2,6-10H2,1,3-5H3;/q;-1;;/t23?,25-,26+,27-,28?,30-,31?,32-,33+,34+;23?,24-,25-,27+,29-,31-,32?,33-,34?;12-,13+,14?,15+,16+;/m111./s1/i15T;;;/t15?,23?,25-,26+,27-,28?,30-,31?,32-,33+,34+;;;. The summed E-state index contributed by atoms with van der Waals surface area (Å²) < 4.78 is 107. The maximum Gasteiger partial charge on any atom is 0.178 e. The average molecular weight is 1630 g/mol. The third-order valence-electron chi connectivity index (χ3n) is 24.3. The second-order valence-electron chi connectivity index (χ2n) is 32.1. The molecule has 0 aliphatic carbocycles. The van der Waals surface area contributed by atoms with E-state index in [0.29, 0.717) is 64.3 Å². The Bertz CT molecular complexity index is 3060. The molecule has 14 heteroatoms. The van der Waals surface area contributed by atoms with Crippen LogP contribution in [0.1, 0.15) is 247 Å². The van der Waals surface area contributed by atoms with Crippen LogP contribution in [-0.4, -0.2) is 113 Å². The van der Waals surface area contributed by atoms with Gasteiger partial charge in [0.1, 0.15) is 0 Å². The zero-order valence-electron chi connectivity index (χ0n) is 64.8. The first-order valence-corrected chi connectivity index (χ1v) is 41.7. The molecule has 8 unspecified atom stereocenters.